The quantitative estimate of drug-likeness (QED) is 0.659. The Morgan fingerprint density at radius 2 is 1.97 bits per heavy atom. The van der Waals surface area contributed by atoms with Gasteiger partial charge in [0.05, 0.1) is 5.56 Å². The third-order valence-electron chi connectivity index (χ3n) is 7.06. The summed E-state index contributed by atoms with van der Waals surface area (Å²) in [5.74, 6) is 1.90. The average Bonchev–Trinajstić information content (AvgIpc) is 3.60. The highest BCUT2D eigenvalue weighted by atomic mass is 32.1. The molecule has 0 spiro atoms. The highest BCUT2D eigenvalue weighted by molar-refractivity contribution is 7.12. The van der Waals surface area contributed by atoms with E-state index >= 15 is 0 Å². The molecule has 5 rings (SSSR count). The van der Waals surface area contributed by atoms with Crippen LogP contribution in [0.25, 0.3) is 0 Å². The molecule has 2 aromatic rings. The van der Waals surface area contributed by atoms with Crippen molar-refractivity contribution in [1.29, 1.82) is 0 Å². The van der Waals surface area contributed by atoms with Crippen LogP contribution in [0, 0.1) is 24.2 Å². The van der Waals surface area contributed by atoms with Crippen LogP contribution in [-0.2, 0) is 11.2 Å². The van der Waals surface area contributed by atoms with E-state index in [4.69, 9.17) is 9.15 Å². The van der Waals surface area contributed by atoms with Crippen molar-refractivity contribution in [1.82, 2.24) is 0 Å². The van der Waals surface area contributed by atoms with Gasteiger partial charge in [0.25, 0.3) is 0 Å². The van der Waals surface area contributed by atoms with Gasteiger partial charge in [0.15, 0.2) is 0 Å². The van der Waals surface area contributed by atoms with Gasteiger partial charge in [0.2, 0.25) is 0 Å². The molecule has 2 aromatic heterocycles. The summed E-state index contributed by atoms with van der Waals surface area (Å²) < 4.78 is 11.3. The molecule has 0 radical (unpaired) electrons. The third kappa shape index (κ3) is 4.17. The number of aromatic hydroxyl groups is 1. The summed E-state index contributed by atoms with van der Waals surface area (Å²) in [5, 5.41) is 10.9. The van der Waals surface area contributed by atoms with E-state index in [9.17, 15) is 9.90 Å². The normalized spacial score (nSPS) is 22.5. The fraction of sp³-hybridized carbons (Fsp3) is 0.625. The molecular formula is C24H30O4S. The largest absolute Gasteiger partial charge is 0.507 e. The van der Waals surface area contributed by atoms with Crippen molar-refractivity contribution in [2.45, 2.75) is 64.2 Å². The second-order valence-corrected chi connectivity index (χ2v) is 10.8. The highest BCUT2D eigenvalue weighted by Crippen LogP contribution is 2.54. The third-order valence-corrected chi connectivity index (χ3v) is 8.14. The summed E-state index contributed by atoms with van der Waals surface area (Å²) in [7, 11) is 0. The van der Waals surface area contributed by atoms with E-state index in [2.05, 4.69) is 19.1 Å². The van der Waals surface area contributed by atoms with Crippen molar-refractivity contribution in [3.63, 3.8) is 0 Å². The lowest BCUT2D eigenvalue weighted by Gasteiger charge is -2.26. The molecule has 0 amide bonds. The van der Waals surface area contributed by atoms with Crippen LogP contribution in [0.1, 0.15) is 71.9 Å². The van der Waals surface area contributed by atoms with Crippen molar-refractivity contribution in [2.24, 2.45) is 17.3 Å². The van der Waals surface area contributed by atoms with Crippen molar-refractivity contribution in [3.05, 3.63) is 49.7 Å². The second-order valence-electron chi connectivity index (χ2n) is 9.50. The van der Waals surface area contributed by atoms with Gasteiger partial charge in [-0.05, 0) is 81.3 Å². The number of ether oxygens (including phenoxy) is 1. The van der Waals surface area contributed by atoms with Gasteiger partial charge in [-0.1, -0.05) is 0 Å². The van der Waals surface area contributed by atoms with E-state index in [-0.39, 0.29) is 22.7 Å². The van der Waals surface area contributed by atoms with Crippen molar-refractivity contribution in [3.8, 4) is 5.75 Å². The summed E-state index contributed by atoms with van der Waals surface area (Å²) in [6.07, 6.45) is 8.82. The van der Waals surface area contributed by atoms with E-state index in [0.717, 1.165) is 45.3 Å². The topological polar surface area (TPSA) is 59.7 Å². The minimum atomic E-state index is -0.343. The van der Waals surface area contributed by atoms with Gasteiger partial charge in [-0.2, -0.15) is 0 Å². The molecule has 1 unspecified atom stereocenters. The van der Waals surface area contributed by atoms with Gasteiger partial charge in [0.1, 0.15) is 11.5 Å². The van der Waals surface area contributed by atoms with Gasteiger partial charge < -0.3 is 14.3 Å². The summed E-state index contributed by atoms with van der Waals surface area (Å²) in [4.78, 5) is 15.4. The summed E-state index contributed by atoms with van der Waals surface area (Å²) in [6, 6.07) is 5.93. The van der Waals surface area contributed by atoms with Gasteiger partial charge in [-0.25, -0.2) is 4.79 Å². The minimum absolute atomic E-state index is 0.0314. The van der Waals surface area contributed by atoms with Gasteiger partial charge in [0, 0.05) is 41.4 Å². The summed E-state index contributed by atoms with van der Waals surface area (Å²) >= 11 is 1.72. The zero-order valence-corrected chi connectivity index (χ0v) is 17.9. The molecule has 156 valence electrons. The van der Waals surface area contributed by atoms with Gasteiger partial charge in [-0.15, -0.1) is 11.3 Å². The predicted octanol–water partition coefficient (Wildman–Crippen LogP) is 5.40. The van der Waals surface area contributed by atoms with Crippen LogP contribution in [0.5, 0.6) is 5.75 Å². The Balaban J connectivity index is 1.37. The molecule has 0 aromatic carbocycles. The maximum absolute atomic E-state index is 13.0. The van der Waals surface area contributed by atoms with Crippen LogP contribution in [0.4, 0.5) is 0 Å². The lowest BCUT2D eigenvalue weighted by atomic mass is 9.84. The first-order valence-electron chi connectivity index (χ1n) is 11.0. The Morgan fingerprint density at radius 1 is 1.21 bits per heavy atom. The zero-order valence-electron chi connectivity index (χ0n) is 17.1. The Labute approximate surface area is 175 Å². The first-order valence-corrected chi connectivity index (χ1v) is 11.8. The standard InChI is InChI=1S/C24H30O4S/c1-15-2-5-20(29-15)21(17-3-4-17)22-19(25)12-18(28-23(22)26)14-24(8-9-24)13-16-6-10-27-11-7-16/h2,5,12,16-17,21,25H,3-4,6-11,13-14H2,1H3. The summed E-state index contributed by atoms with van der Waals surface area (Å²) in [5.41, 5.74) is 0.379. The fourth-order valence-electron chi connectivity index (χ4n) is 5.13. The van der Waals surface area contributed by atoms with Crippen molar-refractivity contribution in [2.75, 3.05) is 13.2 Å². The van der Waals surface area contributed by atoms with Crippen LogP contribution in [0.15, 0.2) is 27.4 Å². The van der Waals surface area contributed by atoms with Crippen LogP contribution in [0.3, 0.4) is 0 Å². The number of aryl methyl sites for hydroxylation is 1. The van der Waals surface area contributed by atoms with Crippen molar-refractivity contribution >= 4 is 11.3 Å². The first kappa shape index (κ1) is 19.4. The van der Waals surface area contributed by atoms with Gasteiger partial charge >= 0.3 is 5.63 Å². The van der Waals surface area contributed by atoms with E-state index in [1.165, 1.54) is 29.0 Å². The molecule has 29 heavy (non-hydrogen) atoms. The molecule has 4 nitrogen and oxygen atoms in total. The molecule has 3 heterocycles. The average molecular weight is 415 g/mol. The highest BCUT2D eigenvalue weighted by Gasteiger charge is 2.45. The maximum Gasteiger partial charge on any atom is 0.343 e. The molecule has 5 heteroatoms. The molecule has 1 atom stereocenters. The van der Waals surface area contributed by atoms with E-state index < -0.39 is 0 Å². The minimum Gasteiger partial charge on any atom is -0.507 e. The molecule has 1 aliphatic heterocycles. The molecule has 2 saturated carbocycles. The first-order chi connectivity index (χ1) is 14.0. The predicted molar refractivity (Wildman–Crippen MR) is 114 cm³/mol. The van der Waals surface area contributed by atoms with E-state index in [1.807, 2.05) is 0 Å². The molecule has 1 N–H and O–H groups in total. The molecule has 0 bridgehead atoms. The fourth-order valence-corrected chi connectivity index (χ4v) is 6.22. The number of hydrogen-bond acceptors (Lipinski definition) is 5. The molecule has 3 aliphatic rings. The number of hydrogen-bond donors (Lipinski definition) is 1. The maximum atomic E-state index is 13.0. The van der Waals surface area contributed by atoms with Crippen molar-refractivity contribution < 1.29 is 14.3 Å². The molecule has 3 fully saturated rings. The van der Waals surface area contributed by atoms with Crippen LogP contribution in [0.2, 0.25) is 0 Å². The zero-order chi connectivity index (χ0) is 20.0. The molecule has 1 saturated heterocycles. The molecule has 2 aliphatic carbocycles. The Hall–Kier alpha value is -1.59. The second kappa shape index (κ2) is 7.59. The van der Waals surface area contributed by atoms with E-state index in [1.54, 1.807) is 17.4 Å². The number of rotatable bonds is 7. The smallest absolute Gasteiger partial charge is 0.343 e. The summed E-state index contributed by atoms with van der Waals surface area (Å²) in [6.45, 7) is 3.82. The van der Waals surface area contributed by atoms with E-state index in [0.29, 0.717) is 23.2 Å². The monoisotopic (exact) mass is 414 g/mol. The van der Waals surface area contributed by atoms with Gasteiger partial charge in [-0.3, -0.25) is 0 Å². The molecular weight excluding hydrogens is 384 g/mol. The number of thiophene rings is 1. The lowest BCUT2D eigenvalue weighted by Crippen LogP contribution is -2.21. The Morgan fingerprint density at radius 3 is 2.55 bits per heavy atom. The van der Waals surface area contributed by atoms with Crippen LogP contribution in [-0.4, -0.2) is 18.3 Å². The Kier molecular flexibility index (Phi) is 5.07. The lowest BCUT2D eigenvalue weighted by molar-refractivity contribution is 0.0565. The van der Waals surface area contributed by atoms with Crippen LogP contribution >= 0.6 is 11.3 Å². The van der Waals surface area contributed by atoms with Crippen LogP contribution < -0.4 is 5.63 Å². The Bertz CT molecular complexity index is 929. The SMILES string of the molecule is Cc1ccc(C(c2c(O)cc(CC3(CC4CCOCC4)CC3)oc2=O)C2CC2)s1.